The van der Waals surface area contributed by atoms with E-state index in [2.05, 4.69) is 34.4 Å². The highest BCUT2D eigenvalue weighted by atomic mass is 16.7. The van der Waals surface area contributed by atoms with Crippen LogP contribution in [0.1, 0.15) is 22.6 Å². The maximum atomic E-state index is 12.4. The summed E-state index contributed by atoms with van der Waals surface area (Å²) >= 11 is 0. The first kappa shape index (κ1) is 22.8. The van der Waals surface area contributed by atoms with E-state index in [-0.39, 0.29) is 12.5 Å². The number of nitrogens with one attached hydrogen (secondary N) is 2. The number of carbonyl (C=O) groups excluding carboxylic acids is 2. The molecule has 2 amide bonds. The van der Waals surface area contributed by atoms with Gasteiger partial charge in [-0.15, -0.1) is 0 Å². The van der Waals surface area contributed by atoms with Gasteiger partial charge >= 0.3 is 12.1 Å². The van der Waals surface area contributed by atoms with Crippen molar-refractivity contribution < 1.29 is 29.1 Å². The molecular formula is C26H22N2O6. The van der Waals surface area contributed by atoms with Gasteiger partial charge in [0.2, 0.25) is 0 Å². The highest BCUT2D eigenvalue weighted by Gasteiger charge is 2.28. The Balaban J connectivity index is 1.30. The van der Waals surface area contributed by atoms with Gasteiger partial charge in [-0.05, 0) is 46.0 Å². The number of hydroxylamine groups is 1. The third-order valence-corrected chi connectivity index (χ3v) is 5.30. The number of hydrogen-bond donors (Lipinski definition) is 3. The van der Waals surface area contributed by atoms with Crippen LogP contribution in [0, 0.1) is 0 Å². The standard InChI is InChI=1S/C26H22N2O6/c29-24(28-34-16-25(30)31)14-11-17-9-12-18(13-10-17)27-26(32)33-15-23-21-7-3-1-5-19(21)20-6-2-4-8-22(20)23/h1-14,23H,15-16H2,(H,27,32)(H,28,29)(H,30,31)/b14-11+. The van der Waals surface area contributed by atoms with E-state index in [0.29, 0.717) is 11.3 Å². The van der Waals surface area contributed by atoms with E-state index in [9.17, 15) is 14.4 Å². The first-order chi connectivity index (χ1) is 16.5. The molecule has 0 unspecified atom stereocenters. The lowest BCUT2D eigenvalue weighted by atomic mass is 9.98. The van der Waals surface area contributed by atoms with Crippen LogP contribution < -0.4 is 10.8 Å². The third kappa shape index (κ3) is 5.48. The number of hydrogen-bond acceptors (Lipinski definition) is 5. The van der Waals surface area contributed by atoms with Gasteiger partial charge in [-0.1, -0.05) is 60.7 Å². The van der Waals surface area contributed by atoms with Crippen molar-refractivity contribution in [3.8, 4) is 11.1 Å². The number of amides is 2. The summed E-state index contributed by atoms with van der Waals surface area (Å²) in [7, 11) is 0. The van der Waals surface area contributed by atoms with Crippen LogP contribution in [0.15, 0.2) is 78.9 Å². The van der Waals surface area contributed by atoms with E-state index in [1.165, 1.54) is 12.2 Å². The predicted octanol–water partition coefficient (Wildman–Crippen LogP) is 4.19. The average Bonchev–Trinajstić information content (AvgIpc) is 3.16. The summed E-state index contributed by atoms with van der Waals surface area (Å²) in [4.78, 5) is 38.8. The van der Waals surface area contributed by atoms with Crippen LogP contribution in [0.25, 0.3) is 17.2 Å². The molecule has 0 aliphatic heterocycles. The summed E-state index contributed by atoms with van der Waals surface area (Å²) < 4.78 is 5.53. The van der Waals surface area contributed by atoms with E-state index in [1.807, 2.05) is 29.7 Å². The first-order valence-electron chi connectivity index (χ1n) is 10.5. The fraction of sp³-hybridized carbons (Fsp3) is 0.115. The lowest BCUT2D eigenvalue weighted by Gasteiger charge is -2.14. The van der Waals surface area contributed by atoms with Crippen LogP contribution in [0.5, 0.6) is 0 Å². The fourth-order valence-electron chi connectivity index (χ4n) is 3.80. The molecule has 0 aromatic heterocycles. The van der Waals surface area contributed by atoms with Crippen molar-refractivity contribution in [3.63, 3.8) is 0 Å². The number of carboxylic acids is 1. The quantitative estimate of drug-likeness (QED) is 0.345. The zero-order chi connectivity index (χ0) is 23.9. The molecule has 0 atom stereocenters. The summed E-state index contributed by atoms with van der Waals surface area (Å²) in [6.07, 6.45) is 2.17. The number of benzene rings is 3. The van der Waals surface area contributed by atoms with Crippen molar-refractivity contribution in [1.29, 1.82) is 0 Å². The second-order valence-electron chi connectivity index (χ2n) is 7.55. The summed E-state index contributed by atoms with van der Waals surface area (Å²) in [6.45, 7) is -0.407. The molecule has 0 saturated heterocycles. The molecule has 1 aliphatic carbocycles. The fourth-order valence-corrected chi connectivity index (χ4v) is 3.80. The van der Waals surface area contributed by atoms with Gasteiger partial charge in [0.05, 0.1) is 0 Å². The third-order valence-electron chi connectivity index (χ3n) is 5.30. The molecule has 0 spiro atoms. The molecule has 3 N–H and O–H groups in total. The normalized spacial score (nSPS) is 12.1. The number of aliphatic carboxylic acids is 1. The minimum absolute atomic E-state index is 0.0173. The second kappa shape index (κ2) is 10.5. The summed E-state index contributed by atoms with van der Waals surface area (Å²) in [5, 5.41) is 11.2. The van der Waals surface area contributed by atoms with Gasteiger partial charge in [0.1, 0.15) is 6.61 Å². The van der Waals surface area contributed by atoms with E-state index in [4.69, 9.17) is 9.84 Å². The summed E-state index contributed by atoms with van der Waals surface area (Å²) in [5.41, 5.74) is 7.85. The second-order valence-corrected chi connectivity index (χ2v) is 7.55. The van der Waals surface area contributed by atoms with Crippen LogP contribution in [0.3, 0.4) is 0 Å². The Labute approximate surface area is 195 Å². The summed E-state index contributed by atoms with van der Waals surface area (Å²) in [6, 6.07) is 23.0. The van der Waals surface area contributed by atoms with Crippen LogP contribution in [0.4, 0.5) is 10.5 Å². The topological polar surface area (TPSA) is 114 Å². The van der Waals surface area contributed by atoms with Crippen molar-refractivity contribution in [2.24, 2.45) is 0 Å². The zero-order valence-electron chi connectivity index (χ0n) is 18.1. The minimum atomic E-state index is -1.19. The van der Waals surface area contributed by atoms with E-state index in [1.54, 1.807) is 24.3 Å². The molecule has 0 bridgehead atoms. The van der Waals surface area contributed by atoms with Crippen LogP contribution in [-0.2, 0) is 19.2 Å². The first-order valence-corrected chi connectivity index (χ1v) is 10.5. The highest BCUT2D eigenvalue weighted by molar-refractivity contribution is 5.91. The number of rotatable bonds is 8. The molecule has 8 nitrogen and oxygen atoms in total. The molecule has 172 valence electrons. The zero-order valence-corrected chi connectivity index (χ0v) is 18.1. The molecule has 3 aromatic rings. The molecule has 0 radical (unpaired) electrons. The molecule has 1 aliphatic rings. The molecule has 3 aromatic carbocycles. The van der Waals surface area contributed by atoms with Gasteiger partial charge in [0.25, 0.3) is 5.91 Å². The van der Waals surface area contributed by atoms with Crippen molar-refractivity contribution >= 4 is 29.7 Å². The molecule has 34 heavy (non-hydrogen) atoms. The van der Waals surface area contributed by atoms with Crippen LogP contribution in [0.2, 0.25) is 0 Å². The SMILES string of the molecule is O=C(O)CONC(=O)/C=C/c1ccc(NC(=O)OCC2c3ccccc3-c3ccccc32)cc1. The Morgan fingerprint density at radius 1 is 0.882 bits per heavy atom. The lowest BCUT2D eigenvalue weighted by molar-refractivity contribution is -0.147. The van der Waals surface area contributed by atoms with Crippen molar-refractivity contribution in [2.75, 3.05) is 18.5 Å². The Kier molecular flexibility index (Phi) is 7.00. The molecular weight excluding hydrogens is 436 g/mol. The van der Waals surface area contributed by atoms with E-state index < -0.39 is 24.6 Å². The number of anilines is 1. The smallest absolute Gasteiger partial charge is 0.411 e. The van der Waals surface area contributed by atoms with Crippen LogP contribution >= 0.6 is 0 Å². The van der Waals surface area contributed by atoms with Crippen molar-refractivity contribution in [2.45, 2.75) is 5.92 Å². The molecule has 0 saturated carbocycles. The Morgan fingerprint density at radius 3 is 2.12 bits per heavy atom. The molecule has 4 rings (SSSR count). The Morgan fingerprint density at radius 2 is 1.50 bits per heavy atom. The van der Waals surface area contributed by atoms with Gasteiger partial charge in [0.15, 0.2) is 6.61 Å². The number of carboxylic acid groups (broad SMARTS) is 1. The molecule has 8 heteroatoms. The Bertz CT molecular complexity index is 1190. The van der Waals surface area contributed by atoms with Crippen molar-refractivity contribution in [3.05, 3.63) is 95.6 Å². The maximum absolute atomic E-state index is 12.4. The maximum Gasteiger partial charge on any atom is 0.411 e. The van der Waals surface area contributed by atoms with Gasteiger partial charge in [0, 0.05) is 17.7 Å². The number of carbonyl (C=O) groups is 3. The lowest BCUT2D eigenvalue weighted by Crippen LogP contribution is -2.24. The largest absolute Gasteiger partial charge is 0.479 e. The van der Waals surface area contributed by atoms with Gasteiger partial charge < -0.3 is 9.84 Å². The molecule has 0 fully saturated rings. The monoisotopic (exact) mass is 458 g/mol. The van der Waals surface area contributed by atoms with Gasteiger partial charge in [-0.25, -0.2) is 15.1 Å². The Hall–Kier alpha value is -4.43. The number of fused-ring (bicyclic) bond motifs is 3. The van der Waals surface area contributed by atoms with Crippen molar-refractivity contribution in [1.82, 2.24) is 5.48 Å². The summed E-state index contributed by atoms with van der Waals surface area (Å²) in [5.74, 6) is -1.80. The minimum Gasteiger partial charge on any atom is -0.479 e. The van der Waals surface area contributed by atoms with Crippen LogP contribution in [-0.4, -0.2) is 36.3 Å². The predicted molar refractivity (Wildman–Crippen MR) is 126 cm³/mol. The number of ether oxygens (including phenoxy) is 1. The molecule has 0 heterocycles. The average molecular weight is 458 g/mol. The van der Waals surface area contributed by atoms with E-state index >= 15 is 0 Å². The van der Waals surface area contributed by atoms with Gasteiger partial charge in [-0.2, -0.15) is 0 Å². The highest BCUT2D eigenvalue weighted by Crippen LogP contribution is 2.44. The van der Waals surface area contributed by atoms with E-state index in [0.717, 1.165) is 22.3 Å². The van der Waals surface area contributed by atoms with Gasteiger partial charge in [-0.3, -0.25) is 14.9 Å².